The summed E-state index contributed by atoms with van der Waals surface area (Å²) in [6, 6.07) is 2.11. The largest absolute Gasteiger partial charge is 0.455 e. The van der Waals surface area contributed by atoms with Crippen LogP contribution in [0.4, 0.5) is 11.6 Å². The quantitative estimate of drug-likeness (QED) is 0.196. The first kappa shape index (κ1) is 30.8. The lowest BCUT2D eigenvalue weighted by Crippen LogP contribution is -2.37. The number of carbonyl (C=O) groups is 2. The molecule has 1 aliphatic carbocycles. The van der Waals surface area contributed by atoms with Crippen LogP contribution in [0.5, 0.6) is 0 Å². The van der Waals surface area contributed by atoms with E-state index in [1.165, 1.54) is 25.0 Å². The second-order valence-electron chi connectivity index (χ2n) is 10.6. The maximum Gasteiger partial charge on any atom is 0.303 e. The topological polar surface area (TPSA) is 199 Å². The molecule has 1 saturated carbocycles. The Kier molecular flexibility index (Phi) is 8.91. The zero-order chi connectivity index (χ0) is 31.7. The average Bonchev–Trinajstić information content (AvgIpc) is 3.72. The van der Waals surface area contributed by atoms with Crippen LogP contribution in [0, 0.1) is 0 Å². The van der Waals surface area contributed by atoms with Crippen molar-refractivity contribution in [3.63, 3.8) is 0 Å². The lowest BCUT2D eigenvalue weighted by atomic mass is 9.91. The molecule has 2 N–H and O–H groups in total. The molecule has 6 rings (SSSR count). The van der Waals surface area contributed by atoms with Gasteiger partial charge in [-0.25, -0.2) is 15.0 Å². The lowest BCUT2D eigenvalue weighted by Gasteiger charge is -2.30. The number of anilines is 2. The van der Waals surface area contributed by atoms with Gasteiger partial charge in [0.05, 0.1) is 12.9 Å². The summed E-state index contributed by atoms with van der Waals surface area (Å²) in [5.41, 5.74) is 0.756. The number of halogens is 2. The zero-order valence-electron chi connectivity index (χ0n) is 24.5. The SMILES string of the molecule is CCn1nnc([C@H]2O[C@@H](n3cnc4c(N[C@H]5CC[C@H](Nc6ccnc(Cl)n6)CC5)nc(Cl)nc43)[C@H](OC(C)=O)[C@@H]2OC(C)=O)n1. The summed E-state index contributed by atoms with van der Waals surface area (Å²) >= 11 is 12.3. The molecule has 5 heterocycles. The number of aryl methyl sites for hydroxylation is 1. The highest BCUT2D eigenvalue weighted by molar-refractivity contribution is 6.28. The van der Waals surface area contributed by atoms with Crippen molar-refractivity contribution in [2.75, 3.05) is 10.6 Å². The Labute approximate surface area is 266 Å². The van der Waals surface area contributed by atoms with Gasteiger partial charge in [0.25, 0.3) is 0 Å². The highest BCUT2D eigenvalue weighted by atomic mass is 35.5. The summed E-state index contributed by atoms with van der Waals surface area (Å²) in [5, 5.41) is 19.4. The fourth-order valence-corrected chi connectivity index (χ4v) is 5.90. The van der Waals surface area contributed by atoms with Gasteiger partial charge in [0.15, 0.2) is 41.5 Å². The summed E-state index contributed by atoms with van der Waals surface area (Å²) < 4.78 is 19.1. The maximum absolute atomic E-state index is 12.2. The van der Waals surface area contributed by atoms with E-state index in [1.807, 2.05) is 6.92 Å². The predicted octanol–water partition coefficient (Wildman–Crippen LogP) is 2.90. The van der Waals surface area contributed by atoms with Gasteiger partial charge in [-0.3, -0.25) is 14.2 Å². The monoisotopic (exact) mass is 660 g/mol. The molecule has 0 aromatic carbocycles. The van der Waals surface area contributed by atoms with Gasteiger partial charge in [0.2, 0.25) is 16.4 Å². The number of fused-ring (bicyclic) bond motifs is 1. The Morgan fingerprint density at radius 2 is 1.69 bits per heavy atom. The number of rotatable bonds is 9. The summed E-state index contributed by atoms with van der Waals surface area (Å²) in [4.78, 5) is 47.2. The third-order valence-electron chi connectivity index (χ3n) is 7.51. The first-order valence-corrected chi connectivity index (χ1v) is 15.1. The third-order valence-corrected chi connectivity index (χ3v) is 7.86. The molecule has 1 aliphatic heterocycles. The number of nitrogens with zero attached hydrogens (tertiary/aromatic N) is 10. The number of hydrogen-bond acceptors (Lipinski definition) is 15. The third kappa shape index (κ3) is 6.74. The smallest absolute Gasteiger partial charge is 0.303 e. The fraction of sp³-hybridized carbons (Fsp3) is 0.538. The van der Waals surface area contributed by atoms with Crippen LogP contribution in [-0.2, 0) is 30.3 Å². The van der Waals surface area contributed by atoms with Crippen LogP contribution in [0.1, 0.15) is 64.6 Å². The van der Waals surface area contributed by atoms with E-state index in [0.717, 1.165) is 25.7 Å². The van der Waals surface area contributed by atoms with Gasteiger partial charge < -0.3 is 24.8 Å². The average molecular weight is 662 g/mol. The van der Waals surface area contributed by atoms with Gasteiger partial charge in [0.1, 0.15) is 5.82 Å². The molecule has 0 unspecified atom stereocenters. The van der Waals surface area contributed by atoms with Gasteiger partial charge in [-0.05, 0) is 67.1 Å². The van der Waals surface area contributed by atoms with Crippen LogP contribution in [0.25, 0.3) is 11.2 Å². The fourth-order valence-electron chi connectivity index (χ4n) is 5.59. The van der Waals surface area contributed by atoms with E-state index in [-0.39, 0.29) is 28.5 Å². The number of aromatic nitrogens is 10. The van der Waals surface area contributed by atoms with Crippen LogP contribution in [-0.4, -0.2) is 85.9 Å². The molecular formula is C26H30Cl2N12O5. The molecule has 0 amide bonds. The first-order chi connectivity index (χ1) is 21.7. The second-order valence-corrected chi connectivity index (χ2v) is 11.3. The van der Waals surface area contributed by atoms with E-state index in [4.69, 9.17) is 37.4 Å². The molecule has 45 heavy (non-hydrogen) atoms. The molecule has 0 bridgehead atoms. The standard InChI is InChI=1S/C26H30Cl2N12O5/c1-4-40-37-22(36-38-40)19-18(43-12(2)41)20(44-13(3)42)24(45-19)39-11-30-17-21(34-26(28)35-23(17)39)32-15-7-5-14(6-8-15)31-16-9-10-29-25(27)33-16/h9-11,14-15,18-20,24H,4-8H2,1-3H3,(H,29,31,33)(H,32,34,35)/t14-,15-,18-,19+,20-,24-/m1/s1. The molecule has 4 aromatic rings. The molecule has 2 aliphatic rings. The first-order valence-electron chi connectivity index (χ1n) is 14.4. The highest BCUT2D eigenvalue weighted by Crippen LogP contribution is 2.42. The Hall–Kier alpha value is -4.22. The van der Waals surface area contributed by atoms with Gasteiger partial charge in [-0.15, -0.1) is 10.2 Å². The molecule has 2 fully saturated rings. The van der Waals surface area contributed by atoms with E-state index < -0.39 is 36.5 Å². The van der Waals surface area contributed by atoms with Gasteiger partial charge in [-0.1, -0.05) is 0 Å². The minimum absolute atomic E-state index is 0.0228. The van der Waals surface area contributed by atoms with Crippen LogP contribution >= 0.6 is 23.2 Å². The van der Waals surface area contributed by atoms with E-state index in [9.17, 15) is 9.59 Å². The van der Waals surface area contributed by atoms with Crippen molar-refractivity contribution in [1.82, 2.24) is 49.7 Å². The van der Waals surface area contributed by atoms with Gasteiger partial charge in [0, 0.05) is 32.1 Å². The van der Waals surface area contributed by atoms with Crippen molar-refractivity contribution >= 4 is 57.9 Å². The number of esters is 2. The second kappa shape index (κ2) is 13.0. The number of tetrazole rings is 1. The Morgan fingerprint density at radius 3 is 2.36 bits per heavy atom. The Balaban J connectivity index is 1.25. The van der Waals surface area contributed by atoms with E-state index in [0.29, 0.717) is 29.3 Å². The van der Waals surface area contributed by atoms with E-state index >= 15 is 0 Å². The van der Waals surface area contributed by atoms with Crippen molar-refractivity contribution in [2.45, 2.75) is 89.6 Å². The number of imidazole rings is 1. The van der Waals surface area contributed by atoms with E-state index in [1.54, 1.807) is 16.8 Å². The summed E-state index contributed by atoms with van der Waals surface area (Å²) in [7, 11) is 0. The van der Waals surface area contributed by atoms with Crippen molar-refractivity contribution in [1.29, 1.82) is 0 Å². The normalized spacial score (nSPS) is 24.8. The highest BCUT2D eigenvalue weighted by Gasteiger charge is 2.53. The maximum atomic E-state index is 12.2. The molecule has 4 aromatic heterocycles. The van der Waals surface area contributed by atoms with Crippen LogP contribution in [0.2, 0.25) is 10.6 Å². The van der Waals surface area contributed by atoms with Crippen molar-refractivity contribution < 1.29 is 23.8 Å². The summed E-state index contributed by atoms with van der Waals surface area (Å²) in [5.74, 6) is 0.0863. The molecular weight excluding hydrogens is 631 g/mol. The summed E-state index contributed by atoms with van der Waals surface area (Å²) in [6.07, 6.45) is 2.34. The van der Waals surface area contributed by atoms with Crippen molar-refractivity contribution in [2.24, 2.45) is 0 Å². The van der Waals surface area contributed by atoms with Crippen molar-refractivity contribution in [3.05, 3.63) is 35.0 Å². The molecule has 4 atom stereocenters. The zero-order valence-corrected chi connectivity index (χ0v) is 26.0. The summed E-state index contributed by atoms with van der Waals surface area (Å²) in [6.45, 7) is 4.81. The lowest BCUT2D eigenvalue weighted by molar-refractivity contribution is -0.165. The Bertz CT molecular complexity index is 1690. The molecule has 0 radical (unpaired) electrons. The van der Waals surface area contributed by atoms with Gasteiger partial charge >= 0.3 is 11.9 Å². The number of carbonyl (C=O) groups excluding carboxylic acids is 2. The Morgan fingerprint density at radius 1 is 0.978 bits per heavy atom. The number of ether oxygens (including phenoxy) is 3. The molecule has 19 heteroatoms. The minimum atomic E-state index is -1.10. The van der Waals surface area contributed by atoms with Crippen LogP contribution in [0.3, 0.4) is 0 Å². The van der Waals surface area contributed by atoms with Crippen LogP contribution in [0.15, 0.2) is 18.6 Å². The molecule has 238 valence electrons. The molecule has 17 nitrogen and oxygen atoms in total. The minimum Gasteiger partial charge on any atom is -0.455 e. The van der Waals surface area contributed by atoms with Crippen molar-refractivity contribution in [3.8, 4) is 0 Å². The van der Waals surface area contributed by atoms with E-state index in [2.05, 4.69) is 51.0 Å². The van der Waals surface area contributed by atoms with Gasteiger partial charge in [-0.2, -0.15) is 14.8 Å². The predicted molar refractivity (Wildman–Crippen MR) is 158 cm³/mol. The number of nitrogens with one attached hydrogen (secondary N) is 2. The van der Waals surface area contributed by atoms with Crippen LogP contribution < -0.4 is 10.6 Å². The molecule has 1 saturated heterocycles. The molecule has 0 spiro atoms. The number of hydrogen-bond donors (Lipinski definition) is 2.